The number of hydrogen-bond acceptors (Lipinski definition) is 6. The van der Waals surface area contributed by atoms with Crippen molar-refractivity contribution in [1.29, 1.82) is 0 Å². The number of carbonyl (C=O) groups is 1. The Balaban J connectivity index is 1.63. The van der Waals surface area contributed by atoms with Crippen molar-refractivity contribution < 1.29 is 9.53 Å². The number of ether oxygens (including phenoxy) is 1. The van der Waals surface area contributed by atoms with Crippen molar-refractivity contribution in [1.82, 2.24) is 14.6 Å². The summed E-state index contributed by atoms with van der Waals surface area (Å²) in [6.45, 7) is 5.16. The lowest BCUT2D eigenvalue weighted by Gasteiger charge is -2.15. The summed E-state index contributed by atoms with van der Waals surface area (Å²) < 4.78 is 7.13. The van der Waals surface area contributed by atoms with Crippen LogP contribution >= 0.6 is 11.3 Å². The van der Waals surface area contributed by atoms with Crippen molar-refractivity contribution in [3.63, 3.8) is 0 Å². The standard InChI is InChI=1S/C23H20N4O3S/c1-3-13-26-17-8-6-5-7-16(17)18(21(26)28)19-22(29)27-23(31-19)24-20(25-27)14-9-11-15(12-10-14)30-4-2/h5-12H,3-4,13H2,1-2H3/b19-18-. The molecule has 1 aliphatic heterocycles. The highest BCUT2D eigenvalue weighted by atomic mass is 32.1. The van der Waals surface area contributed by atoms with Gasteiger partial charge in [-0.1, -0.05) is 36.5 Å². The smallest absolute Gasteiger partial charge is 0.291 e. The van der Waals surface area contributed by atoms with Gasteiger partial charge in [0.05, 0.1) is 17.9 Å². The molecule has 0 spiro atoms. The topological polar surface area (TPSA) is 76.8 Å². The summed E-state index contributed by atoms with van der Waals surface area (Å²) >= 11 is 1.20. The molecule has 0 unspecified atom stereocenters. The van der Waals surface area contributed by atoms with Crippen LogP contribution in [0.1, 0.15) is 25.8 Å². The van der Waals surface area contributed by atoms with Crippen LogP contribution in [0, 0.1) is 0 Å². The van der Waals surface area contributed by atoms with Crippen LogP contribution in [0.4, 0.5) is 5.69 Å². The Bertz CT molecular complexity index is 1410. The van der Waals surface area contributed by atoms with Gasteiger partial charge >= 0.3 is 0 Å². The Labute approximate surface area is 182 Å². The van der Waals surface area contributed by atoms with Gasteiger partial charge in [-0.25, -0.2) is 0 Å². The number of benzene rings is 2. The molecule has 0 bridgehead atoms. The van der Waals surface area contributed by atoms with Crippen LogP contribution in [0.3, 0.4) is 0 Å². The van der Waals surface area contributed by atoms with Gasteiger partial charge in [0.1, 0.15) is 10.3 Å². The molecule has 5 rings (SSSR count). The van der Waals surface area contributed by atoms with E-state index in [-0.39, 0.29) is 11.5 Å². The number of carbonyl (C=O) groups excluding carboxylic acids is 1. The average Bonchev–Trinajstić information content (AvgIpc) is 3.41. The zero-order valence-electron chi connectivity index (χ0n) is 17.2. The van der Waals surface area contributed by atoms with E-state index in [1.54, 1.807) is 4.90 Å². The predicted molar refractivity (Wildman–Crippen MR) is 121 cm³/mol. The Morgan fingerprint density at radius 3 is 2.52 bits per heavy atom. The van der Waals surface area contributed by atoms with E-state index >= 15 is 0 Å². The van der Waals surface area contributed by atoms with Gasteiger partial charge in [0.25, 0.3) is 11.5 Å². The minimum absolute atomic E-state index is 0.142. The summed E-state index contributed by atoms with van der Waals surface area (Å²) in [6, 6.07) is 15.0. The van der Waals surface area contributed by atoms with Gasteiger partial charge in [-0.05, 0) is 43.7 Å². The molecule has 2 aromatic carbocycles. The molecule has 0 aliphatic carbocycles. The molecule has 31 heavy (non-hydrogen) atoms. The number of anilines is 1. The first-order valence-corrected chi connectivity index (χ1v) is 11.0. The van der Waals surface area contributed by atoms with E-state index in [1.807, 2.05) is 62.4 Å². The van der Waals surface area contributed by atoms with E-state index in [9.17, 15) is 9.59 Å². The van der Waals surface area contributed by atoms with Crippen LogP contribution < -0.4 is 19.7 Å². The van der Waals surface area contributed by atoms with Crippen molar-refractivity contribution >= 4 is 33.5 Å². The predicted octanol–water partition coefficient (Wildman–Crippen LogP) is 2.89. The van der Waals surface area contributed by atoms with Gasteiger partial charge in [0.2, 0.25) is 4.96 Å². The average molecular weight is 433 g/mol. The van der Waals surface area contributed by atoms with Crippen LogP contribution in [0.5, 0.6) is 5.75 Å². The highest BCUT2D eigenvalue weighted by molar-refractivity contribution is 7.15. The van der Waals surface area contributed by atoms with Crippen LogP contribution in [-0.4, -0.2) is 33.7 Å². The minimum atomic E-state index is -0.318. The molecule has 0 N–H and O–H groups in total. The monoisotopic (exact) mass is 432 g/mol. The van der Waals surface area contributed by atoms with E-state index < -0.39 is 0 Å². The highest BCUT2D eigenvalue weighted by Crippen LogP contribution is 2.35. The number of nitrogens with zero attached hydrogens (tertiary/aromatic N) is 4. The molecule has 156 valence electrons. The highest BCUT2D eigenvalue weighted by Gasteiger charge is 2.33. The summed E-state index contributed by atoms with van der Waals surface area (Å²) in [7, 11) is 0. The molecule has 0 fully saturated rings. The van der Waals surface area contributed by atoms with Crippen LogP contribution in [0.2, 0.25) is 0 Å². The first-order valence-electron chi connectivity index (χ1n) is 10.2. The van der Waals surface area contributed by atoms with Crippen LogP contribution in [0.25, 0.3) is 21.9 Å². The molecule has 1 amide bonds. The van der Waals surface area contributed by atoms with Gasteiger partial charge in [0, 0.05) is 17.7 Å². The molecule has 0 radical (unpaired) electrons. The van der Waals surface area contributed by atoms with Crippen molar-refractivity contribution in [2.75, 3.05) is 18.1 Å². The van der Waals surface area contributed by atoms with Crippen molar-refractivity contribution in [2.24, 2.45) is 0 Å². The van der Waals surface area contributed by atoms with E-state index in [4.69, 9.17) is 4.74 Å². The van der Waals surface area contributed by atoms with Crippen molar-refractivity contribution in [3.8, 4) is 17.1 Å². The molecule has 2 aromatic heterocycles. The lowest BCUT2D eigenvalue weighted by Crippen LogP contribution is -2.32. The lowest BCUT2D eigenvalue weighted by atomic mass is 10.1. The summed E-state index contributed by atoms with van der Waals surface area (Å²) in [5.74, 6) is 1.09. The number of para-hydroxylation sites is 1. The molecule has 0 atom stereocenters. The Hall–Kier alpha value is -3.52. The summed E-state index contributed by atoms with van der Waals surface area (Å²) in [6.07, 6.45) is 0.832. The number of thiazole rings is 1. The number of aromatic nitrogens is 3. The molecule has 0 saturated heterocycles. The second kappa shape index (κ2) is 7.63. The Morgan fingerprint density at radius 1 is 1.03 bits per heavy atom. The Kier molecular flexibility index (Phi) is 4.78. The number of amides is 1. The van der Waals surface area contributed by atoms with Gasteiger partial charge < -0.3 is 9.64 Å². The zero-order valence-corrected chi connectivity index (χ0v) is 18.0. The number of rotatable bonds is 5. The molecule has 7 nitrogen and oxygen atoms in total. The fourth-order valence-electron chi connectivity index (χ4n) is 3.82. The fourth-order valence-corrected chi connectivity index (χ4v) is 4.82. The molecular weight excluding hydrogens is 412 g/mol. The van der Waals surface area contributed by atoms with Crippen LogP contribution in [0.15, 0.2) is 53.3 Å². The summed E-state index contributed by atoms with van der Waals surface area (Å²) in [5, 5.41) is 4.41. The fraction of sp³-hybridized carbons (Fsp3) is 0.217. The van der Waals surface area contributed by atoms with Crippen molar-refractivity contribution in [2.45, 2.75) is 20.3 Å². The number of hydrogen-bond donors (Lipinski definition) is 0. The minimum Gasteiger partial charge on any atom is -0.494 e. The second-order valence-corrected chi connectivity index (χ2v) is 8.15. The molecule has 0 saturated carbocycles. The first kappa shape index (κ1) is 19.4. The van der Waals surface area contributed by atoms with E-state index in [1.165, 1.54) is 15.9 Å². The zero-order chi connectivity index (χ0) is 21.5. The SMILES string of the molecule is CCCN1C(=O)/C(=c2\sc3nc(-c4ccc(OCC)cc4)nn3c2=O)c2ccccc21. The maximum absolute atomic E-state index is 13.2. The number of fused-ring (bicyclic) bond motifs is 2. The maximum atomic E-state index is 13.2. The van der Waals surface area contributed by atoms with Gasteiger partial charge in [-0.2, -0.15) is 9.50 Å². The summed E-state index contributed by atoms with van der Waals surface area (Å²) in [5.41, 5.74) is 2.55. The lowest BCUT2D eigenvalue weighted by molar-refractivity contribution is -0.113. The third-order valence-corrected chi connectivity index (χ3v) is 6.21. The Morgan fingerprint density at radius 2 is 1.81 bits per heavy atom. The molecule has 3 heterocycles. The maximum Gasteiger partial charge on any atom is 0.291 e. The van der Waals surface area contributed by atoms with Gasteiger partial charge in [-0.15, -0.1) is 5.10 Å². The van der Waals surface area contributed by atoms with Gasteiger partial charge in [0.15, 0.2) is 5.82 Å². The molecule has 1 aliphatic rings. The molecule has 4 aromatic rings. The van der Waals surface area contributed by atoms with Gasteiger partial charge in [-0.3, -0.25) is 9.59 Å². The van der Waals surface area contributed by atoms with E-state index in [0.29, 0.717) is 34.0 Å². The van der Waals surface area contributed by atoms with Crippen LogP contribution in [-0.2, 0) is 4.79 Å². The second-order valence-electron chi connectivity index (χ2n) is 7.17. The third kappa shape index (κ3) is 3.11. The van der Waals surface area contributed by atoms with E-state index in [0.717, 1.165) is 29.0 Å². The molecular formula is C23H20N4O3S. The summed E-state index contributed by atoms with van der Waals surface area (Å²) in [4.78, 5) is 33.1. The largest absolute Gasteiger partial charge is 0.494 e. The van der Waals surface area contributed by atoms with E-state index in [2.05, 4.69) is 10.1 Å². The molecule has 8 heteroatoms. The van der Waals surface area contributed by atoms with Crippen molar-refractivity contribution in [3.05, 3.63) is 69.0 Å². The quantitative estimate of drug-likeness (QED) is 0.485. The third-order valence-electron chi connectivity index (χ3n) is 5.18. The first-order chi connectivity index (χ1) is 15.1. The normalized spacial score (nSPS) is 15.0.